The van der Waals surface area contributed by atoms with E-state index in [9.17, 15) is 4.79 Å². The Morgan fingerprint density at radius 1 is 1.33 bits per heavy atom. The summed E-state index contributed by atoms with van der Waals surface area (Å²) < 4.78 is 0. The van der Waals surface area contributed by atoms with Crippen LogP contribution in [0.15, 0.2) is 0 Å². The van der Waals surface area contributed by atoms with Gasteiger partial charge in [-0.05, 0) is 37.1 Å². The molecule has 0 spiro atoms. The van der Waals surface area contributed by atoms with Gasteiger partial charge in [0.05, 0.1) is 0 Å². The van der Waals surface area contributed by atoms with Gasteiger partial charge in [0.2, 0.25) is 0 Å². The second-order valence-electron chi connectivity index (χ2n) is 7.79. The number of nitrogens with zero attached hydrogens (tertiary/aromatic N) is 1. The number of hydrogen-bond donors (Lipinski definition) is 2. The Morgan fingerprint density at radius 3 is 2.62 bits per heavy atom. The van der Waals surface area contributed by atoms with Crippen LogP contribution in [0, 0.1) is 11.3 Å². The molecule has 0 aliphatic carbocycles. The molecule has 0 aromatic rings. The Morgan fingerprint density at radius 2 is 2.05 bits per heavy atom. The molecule has 1 rings (SSSR count). The summed E-state index contributed by atoms with van der Waals surface area (Å²) >= 11 is 0. The number of nitrogens with one attached hydrogen (secondary N) is 1. The van der Waals surface area contributed by atoms with E-state index in [0.717, 1.165) is 39.0 Å². The number of carbonyl (C=O) groups is 1. The summed E-state index contributed by atoms with van der Waals surface area (Å²) in [6.45, 7) is 13.3. The van der Waals surface area contributed by atoms with Gasteiger partial charge in [0.25, 0.3) is 0 Å². The van der Waals surface area contributed by atoms with Gasteiger partial charge in [0.15, 0.2) is 0 Å². The van der Waals surface area contributed by atoms with Crippen molar-refractivity contribution in [2.24, 2.45) is 11.3 Å². The second kappa shape index (κ2) is 8.74. The van der Waals surface area contributed by atoms with E-state index in [0.29, 0.717) is 23.8 Å². The highest BCUT2D eigenvalue weighted by Gasteiger charge is 2.27. The fourth-order valence-electron chi connectivity index (χ4n) is 3.00. The lowest BCUT2D eigenvalue weighted by Crippen LogP contribution is -2.51. The van der Waals surface area contributed by atoms with Crippen molar-refractivity contribution < 1.29 is 9.90 Å². The first-order valence-corrected chi connectivity index (χ1v) is 8.47. The van der Waals surface area contributed by atoms with E-state index in [2.05, 4.69) is 37.9 Å². The Hall–Kier alpha value is -0.610. The zero-order valence-corrected chi connectivity index (χ0v) is 14.3. The second-order valence-corrected chi connectivity index (χ2v) is 7.79. The predicted molar refractivity (Wildman–Crippen MR) is 87.6 cm³/mol. The molecule has 0 radical (unpaired) electrons. The molecule has 1 heterocycles. The summed E-state index contributed by atoms with van der Waals surface area (Å²) in [6, 6.07) is 0.508. The lowest BCUT2D eigenvalue weighted by atomic mass is 9.89. The van der Waals surface area contributed by atoms with Gasteiger partial charge < -0.3 is 15.3 Å². The fourth-order valence-corrected chi connectivity index (χ4v) is 3.00. The Bertz CT molecular complexity index is 312. The maximum Gasteiger partial charge on any atom is 0.303 e. The number of piperidine rings is 1. The van der Waals surface area contributed by atoms with E-state index in [4.69, 9.17) is 5.11 Å². The molecule has 2 N–H and O–H groups in total. The van der Waals surface area contributed by atoms with Gasteiger partial charge in [0.1, 0.15) is 0 Å². The highest BCUT2D eigenvalue weighted by atomic mass is 16.4. The molecule has 1 aliphatic rings. The van der Waals surface area contributed by atoms with Gasteiger partial charge in [-0.2, -0.15) is 0 Å². The predicted octanol–water partition coefficient (Wildman–Crippen LogP) is 2.98. The molecule has 1 aliphatic heterocycles. The molecule has 0 aromatic heterocycles. The Labute approximate surface area is 130 Å². The van der Waals surface area contributed by atoms with Crippen molar-refractivity contribution in [3.63, 3.8) is 0 Å². The smallest absolute Gasteiger partial charge is 0.303 e. The van der Waals surface area contributed by atoms with Crippen molar-refractivity contribution in [2.45, 2.75) is 65.8 Å². The van der Waals surface area contributed by atoms with Crippen molar-refractivity contribution in [2.75, 3.05) is 26.2 Å². The molecular formula is C17H34N2O2. The molecule has 2 atom stereocenters. The average Bonchev–Trinajstić information content (AvgIpc) is 2.40. The van der Waals surface area contributed by atoms with E-state index in [-0.39, 0.29) is 0 Å². The van der Waals surface area contributed by atoms with Gasteiger partial charge in [-0.25, -0.2) is 0 Å². The number of carboxylic acid groups (broad SMARTS) is 1. The first-order valence-electron chi connectivity index (χ1n) is 8.47. The van der Waals surface area contributed by atoms with Crippen LogP contribution in [0.2, 0.25) is 0 Å². The number of unbranched alkanes of at least 4 members (excludes halogenated alkanes) is 1. The maximum absolute atomic E-state index is 10.8. The number of likely N-dealkylation sites (tertiary alicyclic amines) is 1. The number of carboxylic acids is 1. The van der Waals surface area contributed by atoms with Gasteiger partial charge in [-0.3, -0.25) is 4.79 Å². The van der Waals surface area contributed by atoms with E-state index >= 15 is 0 Å². The molecule has 2 unspecified atom stereocenters. The lowest BCUT2D eigenvalue weighted by Gasteiger charge is -2.39. The van der Waals surface area contributed by atoms with Crippen LogP contribution in [0.1, 0.15) is 59.8 Å². The van der Waals surface area contributed by atoms with E-state index in [1.807, 2.05) is 0 Å². The number of rotatable bonds is 8. The minimum Gasteiger partial charge on any atom is -0.481 e. The molecule has 0 bridgehead atoms. The standard InChI is InChI=1S/C17H34N2O2/c1-5-6-9-19-11-14(7-8-16(20)21)10-15(12-19)18-13-17(2,3)4/h14-15,18H,5-13H2,1-4H3,(H,20,21). The summed E-state index contributed by atoms with van der Waals surface area (Å²) in [7, 11) is 0. The van der Waals surface area contributed by atoms with Crippen LogP contribution in [-0.2, 0) is 4.79 Å². The molecular weight excluding hydrogens is 264 g/mol. The first kappa shape index (κ1) is 18.4. The number of hydrogen-bond acceptors (Lipinski definition) is 3. The third kappa shape index (κ3) is 8.42. The Balaban J connectivity index is 2.50. The third-order valence-electron chi connectivity index (χ3n) is 4.13. The molecule has 0 aromatic carbocycles. The van der Waals surface area contributed by atoms with Gasteiger partial charge in [-0.15, -0.1) is 0 Å². The molecule has 124 valence electrons. The third-order valence-corrected chi connectivity index (χ3v) is 4.13. The van der Waals surface area contributed by atoms with Crippen LogP contribution in [0.25, 0.3) is 0 Å². The first-order chi connectivity index (χ1) is 9.80. The quantitative estimate of drug-likeness (QED) is 0.723. The lowest BCUT2D eigenvalue weighted by molar-refractivity contribution is -0.137. The summed E-state index contributed by atoms with van der Waals surface area (Å²) in [5.41, 5.74) is 0.294. The summed E-state index contributed by atoms with van der Waals surface area (Å²) in [6.07, 6.45) is 4.68. The minimum absolute atomic E-state index is 0.294. The molecule has 21 heavy (non-hydrogen) atoms. The summed E-state index contributed by atoms with van der Waals surface area (Å²) in [4.78, 5) is 13.3. The average molecular weight is 298 g/mol. The van der Waals surface area contributed by atoms with E-state index in [1.54, 1.807) is 0 Å². The van der Waals surface area contributed by atoms with Gasteiger partial charge in [-0.1, -0.05) is 34.1 Å². The summed E-state index contributed by atoms with van der Waals surface area (Å²) in [5, 5.41) is 12.6. The minimum atomic E-state index is -0.667. The zero-order valence-electron chi connectivity index (χ0n) is 14.3. The van der Waals surface area contributed by atoms with Crippen LogP contribution in [0.4, 0.5) is 0 Å². The fraction of sp³-hybridized carbons (Fsp3) is 0.941. The maximum atomic E-state index is 10.8. The molecule has 0 saturated carbocycles. The largest absolute Gasteiger partial charge is 0.481 e. The monoisotopic (exact) mass is 298 g/mol. The van der Waals surface area contributed by atoms with Crippen molar-refractivity contribution in [3.05, 3.63) is 0 Å². The van der Waals surface area contributed by atoms with Crippen LogP contribution < -0.4 is 5.32 Å². The Kier molecular flexibility index (Phi) is 7.67. The highest BCUT2D eigenvalue weighted by molar-refractivity contribution is 5.66. The van der Waals surface area contributed by atoms with Crippen LogP contribution in [0.5, 0.6) is 0 Å². The van der Waals surface area contributed by atoms with Gasteiger partial charge in [0, 0.05) is 32.1 Å². The molecule has 4 heteroatoms. The molecule has 0 amide bonds. The van der Waals surface area contributed by atoms with Crippen LogP contribution >= 0.6 is 0 Å². The topological polar surface area (TPSA) is 52.6 Å². The van der Waals surface area contributed by atoms with Crippen molar-refractivity contribution in [1.29, 1.82) is 0 Å². The highest BCUT2D eigenvalue weighted by Crippen LogP contribution is 2.23. The van der Waals surface area contributed by atoms with Crippen LogP contribution in [-0.4, -0.2) is 48.2 Å². The van der Waals surface area contributed by atoms with E-state index < -0.39 is 5.97 Å². The van der Waals surface area contributed by atoms with Crippen molar-refractivity contribution in [3.8, 4) is 0 Å². The van der Waals surface area contributed by atoms with Crippen molar-refractivity contribution >= 4 is 5.97 Å². The van der Waals surface area contributed by atoms with Crippen molar-refractivity contribution in [1.82, 2.24) is 10.2 Å². The molecule has 4 nitrogen and oxygen atoms in total. The molecule has 1 saturated heterocycles. The van der Waals surface area contributed by atoms with Gasteiger partial charge >= 0.3 is 5.97 Å². The number of aliphatic carboxylic acids is 1. The van der Waals surface area contributed by atoms with Crippen LogP contribution in [0.3, 0.4) is 0 Å². The SMILES string of the molecule is CCCCN1CC(CCC(=O)O)CC(NCC(C)(C)C)C1. The summed E-state index contributed by atoms with van der Waals surface area (Å²) in [5.74, 6) is -0.149. The van der Waals surface area contributed by atoms with E-state index in [1.165, 1.54) is 12.8 Å². The normalized spacial score (nSPS) is 24.2. The zero-order chi connectivity index (χ0) is 15.9. The molecule has 1 fully saturated rings.